The number of halogens is 1. The van der Waals surface area contributed by atoms with E-state index in [1.807, 2.05) is 0 Å². The van der Waals surface area contributed by atoms with E-state index in [-0.39, 0.29) is 5.59 Å². The fraction of sp³-hybridized carbons (Fsp3) is 0.308. The third-order valence-corrected chi connectivity index (χ3v) is 3.13. The molecule has 5 nitrogen and oxygen atoms in total. The second-order valence-corrected chi connectivity index (χ2v) is 6.38. The number of hydrogen-bond donors (Lipinski definition) is 2. The average molecular weight is 340 g/mol. The number of aromatic nitrogens is 1. The Morgan fingerprint density at radius 2 is 1.95 bits per heavy atom. The van der Waals surface area contributed by atoms with Crippen LogP contribution >= 0.6 is 15.9 Å². The molecule has 1 aromatic carbocycles. The number of ether oxygens (including phenoxy) is 1. The molecule has 0 aliphatic rings. The monoisotopic (exact) mass is 339 g/mol. The molecule has 20 heavy (non-hydrogen) atoms. The summed E-state index contributed by atoms with van der Waals surface area (Å²) in [5.74, 6) is 0. The minimum absolute atomic E-state index is 0.0763. The average Bonchev–Trinajstić information content (AvgIpc) is 2.64. The Balaban J connectivity index is 2.60. The van der Waals surface area contributed by atoms with Gasteiger partial charge in [-0.2, -0.15) is 0 Å². The topological polar surface area (TPSA) is 71.7 Å². The van der Waals surface area contributed by atoms with E-state index >= 15 is 0 Å². The van der Waals surface area contributed by atoms with Crippen molar-refractivity contribution in [3.8, 4) is 0 Å². The number of benzene rings is 1. The maximum atomic E-state index is 12.3. The minimum Gasteiger partial charge on any atom is -0.443 e. The van der Waals surface area contributed by atoms with E-state index in [1.54, 1.807) is 45.0 Å². The molecule has 0 aliphatic heterocycles. The molecule has 0 radical (unpaired) electrons. The zero-order chi connectivity index (χ0) is 15.1. The van der Waals surface area contributed by atoms with Crippen molar-refractivity contribution in [3.63, 3.8) is 0 Å². The highest BCUT2D eigenvalue weighted by atomic mass is 79.9. The van der Waals surface area contributed by atoms with Crippen LogP contribution in [0.1, 0.15) is 20.8 Å². The molecule has 1 heterocycles. The molecule has 0 atom stereocenters. The van der Waals surface area contributed by atoms with Gasteiger partial charge >= 0.3 is 13.2 Å². The van der Waals surface area contributed by atoms with E-state index in [9.17, 15) is 14.8 Å². The van der Waals surface area contributed by atoms with Gasteiger partial charge in [-0.1, -0.05) is 15.9 Å². The smallest absolute Gasteiger partial charge is 0.443 e. The maximum Gasteiger partial charge on any atom is 0.506 e. The van der Waals surface area contributed by atoms with Crippen LogP contribution in [0.4, 0.5) is 4.79 Å². The van der Waals surface area contributed by atoms with Crippen LogP contribution in [-0.2, 0) is 4.74 Å². The lowest BCUT2D eigenvalue weighted by Gasteiger charge is -2.20. The van der Waals surface area contributed by atoms with Gasteiger partial charge in [-0.15, -0.1) is 0 Å². The van der Waals surface area contributed by atoms with Crippen LogP contribution in [-0.4, -0.2) is 33.4 Å². The van der Waals surface area contributed by atoms with E-state index in [1.165, 1.54) is 4.57 Å². The number of rotatable bonds is 1. The molecule has 0 unspecified atom stereocenters. The summed E-state index contributed by atoms with van der Waals surface area (Å²) in [5.41, 5.74) is -0.0290. The molecule has 0 saturated heterocycles. The fourth-order valence-corrected chi connectivity index (χ4v) is 2.29. The predicted octanol–water partition coefficient (Wildman–Crippen LogP) is 1.87. The van der Waals surface area contributed by atoms with E-state index in [0.29, 0.717) is 10.9 Å². The lowest BCUT2D eigenvalue weighted by molar-refractivity contribution is 0.0548. The van der Waals surface area contributed by atoms with Gasteiger partial charge in [-0.25, -0.2) is 4.79 Å². The standard InChI is InChI=1S/C13H15BBrNO4/c1-13(2,3)20-12(17)16-10-5-4-9(15)6-8(10)7-11(16)14(18)19/h4-7,18-19H,1-3H3. The summed E-state index contributed by atoms with van der Waals surface area (Å²) in [6.45, 7) is 5.26. The summed E-state index contributed by atoms with van der Waals surface area (Å²) < 4.78 is 7.32. The molecule has 0 spiro atoms. The second-order valence-electron chi connectivity index (χ2n) is 5.46. The molecule has 0 saturated carbocycles. The van der Waals surface area contributed by atoms with E-state index < -0.39 is 18.8 Å². The third-order valence-electron chi connectivity index (χ3n) is 2.63. The van der Waals surface area contributed by atoms with Crippen LogP contribution < -0.4 is 5.59 Å². The molecular weight excluding hydrogens is 325 g/mol. The number of carbonyl (C=O) groups excluding carboxylic acids is 1. The van der Waals surface area contributed by atoms with Gasteiger partial charge in [0.15, 0.2) is 0 Å². The van der Waals surface area contributed by atoms with Crippen molar-refractivity contribution in [3.05, 3.63) is 28.7 Å². The molecule has 7 heteroatoms. The number of hydrogen-bond acceptors (Lipinski definition) is 4. The third kappa shape index (κ3) is 3.05. The zero-order valence-corrected chi connectivity index (χ0v) is 13.0. The van der Waals surface area contributed by atoms with Crippen LogP contribution in [0.15, 0.2) is 28.7 Å². The molecule has 2 rings (SSSR count). The summed E-state index contributed by atoms with van der Waals surface area (Å²) in [6.07, 6.45) is -0.641. The maximum absolute atomic E-state index is 12.3. The first-order chi connectivity index (χ1) is 9.19. The molecule has 0 aliphatic carbocycles. The van der Waals surface area contributed by atoms with Gasteiger partial charge in [0.25, 0.3) is 0 Å². The normalized spacial score (nSPS) is 11.7. The number of nitrogens with zero attached hydrogens (tertiary/aromatic N) is 1. The van der Waals surface area contributed by atoms with E-state index in [0.717, 1.165) is 4.47 Å². The summed E-state index contributed by atoms with van der Waals surface area (Å²) in [4.78, 5) is 12.3. The van der Waals surface area contributed by atoms with Crippen LogP contribution in [0, 0.1) is 0 Å². The zero-order valence-electron chi connectivity index (χ0n) is 11.4. The number of fused-ring (bicyclic) bond motifs is 1. The molecule has 0 bridgehead atoms. The Morgan fingerprint density at radius 3 is 2.50 bits per heavy atom. The van der Waals surface area contributed by atoms with Crippen LogP contribution in [0.3, 0.4) is 0 Å². The van der Waals surface area contributed by atoms with Crippen LogP contribution in [0.25, 0.3) is 10.9 Å². The van der Waals surface area contributed by atoms with Crippen molar-refractivity contribution < 1.29 is 19.6 Å². The summed E-state index contributed by atoms with van der Waals surface area (Å²) in [7, 11) is -1.76. The van der Waals surface area contributed by atoms with Crippen molar-refractivity contribution in [1.82, 2.24) is 4.57 Å². The van der Waals surface area contributed by atoms with Gasteiger partial charge in [0, 0.05) is 9.86 Å². The van der Waals surface area contributed by atoms with Gasteiger partial charge in [0.05, 0.1) is 11.1 Å². The molecule has 106 valence electrons. The van der Waals surface area contributed by atoms with Crippen LogP contribution in [0.2, 0.25) is 0 Å². The van der Waals surface area contributed by atoms with E-state index in [4.69, 9.17) is 4.74 Å². The van der Waals surface area contributed by atoms with Gasteiger partial charge in [-0.3, -0.25) is 4.57 Å². The predicted molar refractivity (Wildman–Crippen MR) is 81.1 cm³/mol. The first-order valence-corrected chi connectivity index (χ1v) is 6.89. The largest absolute Gasteiger partial charge is 0.506 e. The second kappa shape index (κ2) is 5.23. The summed E-state index contributed by atoms with van der Waals surface area (Å²) in [6, 6.07) is 6.84. The summed E-state index contributed by atoms with van der Waals surface area (Å²) in [5, 5.41) is 19.6. The van der Waals surface area contributed by atoms with Crippen molar-refractivity contribution in [2.24, 2.45) is 0 Å². The fourth-order valence-electron chi connectivity index (χ4n) is 1.91. The first kappa shape index (κ1) is 15.1. The highest BCUT2D eigenvalue weighted by Gasteiger charge is 2.26. The van der Waals surface area contributed by atoms with Crippen molar-refractivity contribution in [2.45, 2.75) is 26.4 Å². The van der Waals surface area contributed by atoms with Crippen molar-refractivity contribution in [2.75, 3.05) is 0 Å². The minimum atomic E-state index is -1.76. The lowest BCUT2D eigenvalue weighted by atomic mass is 9.86. The van der Waals surface area contributed by atoms with Crippen molar-refractivity contribution >= 4 is 45.6 Å². The Hall–Kier alpha value is -1.31. The SMILES string of the molecule is CC(C)(C)OC(=O)n1c(B(O)O)cc2cc(Br)ccc21. The van der Waals surface area contributed by atoms with Gasteiger partial charge in [-0.05, 0) is 45.0 Å². The Bertz CT molecular complexity index is 660. The molecule has 0 fully saturated rings. The Labute approximate surface area is 125 Å². The van der Waals surface area contributed by atoms with Gasteiger partial charge in [0.2, 0.25) is 0 Å². The highest BCUT2D eigenvalue weighted by molar-refractivity contribution is 9.10. The molecule has 1 aromatic heterocycles. The summed E-state index contributed by atoms with van der Waals surface area (Å²) >= 11 is 3.34. The van der Waals surface area contributed by atoms with Gasteiger partial charge < -0.3 is 14.8 Å². The quantitative estimate of drug-likeness (QED) is 0.778. The lowest BCUT2D eigenvalue weighted by Crippen LogP contribution is -2.40. The molecule has 0 amide bonds. The highest BCUT2D eigenvalue weighted by Crippen LogP contribution is 2.21. The molecule has 2 aromatic rings. The van der Waals surface area contributed by atoms with Crippen molar-refractivity contribution in [1.29, 1.82) is 0 Å². The Kier molecular flexibility index (Phi) is 3.95. The van der Waals surface area contributed by atoms with E-state index in [2.05, 4.69) is 15.9 Å². The molecular formula is C13H15BBrNO4. The Morgan fingerprint density at radius 1 is 1.30 bits per heavy atom. The van der Waals surface area contributed by atoms with Crippen LogP contribution in [0.5, 0.6) is 0 Å². The molecule has 2 N–H and O–H groups in total. The van der Waals surface area contributed by atoms with Gasteiger partial charge in [0.1, 0.15) is 5.60 Å². The first-order valence-electron chi connectivity index (χ1n) is 6.09. The number of carbonyl (C=O) groups is 1.